The van der Waals surface area contributed by atoms with Crippen LogP contribution in [-0.2, 0) is 6.54 Å². The van der Waals surface area contributed by atoms with Crippen LogP contribution in [0, 0.1) is 0 Å². The molecule has 1 saturated heterocycles. The summed E-state index contributed by atoms with van der Waals surface area (Å²) in [6.07, 6.45) is 4.52. The molecule has 0 bridgehead atoms. The molecule has 2 N–H and O–H groups in total. The van der Waals surface area contributed by atoms with Crippen molar-refractivity contribution < 1.29 is 4.74 Å². The van der Waals surface area contributed by atoms with Gasteiger partial charge in [-0.2, -0.15) is 5.10 Å². The SMILES string of the molecule is CN=C(NCc1ccn(-c2ccc(OC)cc2)n1)NC(C)c1cccc(N2CCCC2)c1. The molecule has 168 valence electrons. The Bertz CT molecular complexity index is 1040. The molecule has 0 spiro atoms. The van der Waals surface area contributed by atoms with Crippen molar-refractivity contribution in [3.05, 3.63) is 72.1 Å². The Hall–Kier alpha value is -3.48. The molecular weight excluding hydrogens is 400 g/mol. The fourth-order valence-corrected chi connectivity index (χ4v) is 3.96. The Morgan fingerprint density at radius 3 is 2.59 bits per heavy atom. The van der Waals surface area contributed by atoms with Crippen molar-refractivity contribution in [2.75, 3.05) is 32.1 Å². The van der Waals surface area contributed by atoms with Gasteiger partial charge in [-0.05, 0) is 67.8 Å². The number of hydrogen-bond donors (Lipinski definition) is 2. The Morgan fingerprint density at radius 1 is 1.09 bits per heavy atom. The number of guanidine groups is 1. The molecule has 0 amide bonds. The summed E-state index contributed by atoms with van der Waals surface area (Å²) in [5.41, 5.74) is 4.49. The average Bonchev–Trinajstić information content (AvgIpc) is 3.54. The van der Waals surface area contributed by atoms with Crippen LogP contribution in [0.4, 0.5) is 5.69 Å². The standard InChI is InChI=1S/C25H32N6O/c1-19(20-7-6-8-23(17-20)30-14-4-5-15-30)28-25(26-2)27-18-21-13-16-31(29-21)22-9-11-24(32-3)12-10-22/h6-13,16-17,19H,4-5,14-15,18H2,1-3H3,(H2,26,27,28). The summed E-state index contributed by atoms with van der Waals surface area (Å²) in [6.45, 7) is 5.05. The van der Waals surface area contributed by atoms with Gasteiger partial charge in [0.15, 0.2) is 5.96 Å². The van der Waals surface area contributed by atoms with Crippen molar-refractivity contribution in [2.24, 2.45) is 4.99 Å². The van der Waals surface area contributed by atoms with Crippen molar-refractivity contribution in [2.45, 2.75) is 32.4 Å². The lowest BCUT2D eigenvalue weighted by Crippen LogP contribution is -2.38. The van der Waals surface area contributed by atoms with Gasteiger partial charge in [-0.3, -0.25) is 4.99 Å². The second-order valence-corrected chi connectivity index (χ2v) is 8.03. The third-order valence-electron chi connectivity index (χ3n) is 5.84. The normalized spacial score (nSPS) is 15.0. The van der Waals surface area contributed by atoms with Gasteiger partial charge in [0, 0.05) is 32.0 Å². The highest BCUT2D eigenvalue weighted by atomic mass is 16.5. The fraction of sp³-hybridized carbons (Fsp3) is 0.360. The molecule has 4 rings (SSSR count). The Balaban J connectivity index is 1.34. The summed E-state index contributed by atoms with van der Waals surface area (Å²) in [5.74, 6) is 1.58. The summed E-state index contributed by atoms with van der Waals surface area (Å²) in [4.78, 5) is 6.85. The minimum Gasteiger partial charge on any atom is -0.497 e. The van der Waals surface area contributed by atoms with E-state index in [4.69, 9.17) is 4.74 Å². The van der Waals surface area contributed by atoms with Crippen molar-refractivity contribution in [1.82, 2.24) is 20.4 Å². The molecule has 7 nitrogen and oxygen atoms in total. The van der Waals surface area contributed by atoms with Gasteiger partial charge in [-0.1, -0.05) is 12.1 Å². The summed E-state index contributed by atoms with van der Waals surface area (Å²) >= 11 is 0. The first-order chi connectivity index (χ1) is 15.7. The Labute approximate surface area is 190 Å². The van der Waals surface area contributed by atoms with Gasteiger partial charge in [0.1, 0.15) is 5.75 Å². The molecule has 0 saturated carbocycles. The van der Waals surface area contributed by atoms with Crippen molar-refractivity contribution in [3.63, 3.8) is 0 Å². The van der Waals surface area contributed by atoms with E-state index in [1.165, 1.54) is 24.1 Å². The van der Waals surface area contributed by atoms with E-state index in [1.807, 2.05) is 41.2 Å². The lowest BCUT2D eigenvalue weighted by Gasteiger charge is -2.22. The van der Waals surface area contributed by atoms with Crippen LogP contribution in [0.15, 0.2) is 65.8 Å². The van der Waals surface area contributed by atoms with Crippen LogP contribution >= 0.6 is 0 Å². The fourth-order valence-electron chi connectivity index (χ4n) is 3.96. The van der Waals surface area contributed by atoms with Crippen LogP contribution in [-0.4, -0.2) is 43.0 Å². The van der Waals surface area contributed by atoms with Crippen molar-refractivity contribution in [3.8, 4) is 11.4 Å². The quantitative estimate of drug-likeness (QED) is 0.438. The molecule has 2 aromatic carbocycles. The lowest BCUT2D eigenvalue weighted by atomic mass is 10.1. The molecule has 2 heterocycles. The van der Waals surface area contributed by atoms with Gasteiger partial charge in [-0.15, -0.1) is 0 Å². The zero-order chi connectivity index (χ0) is 22.3. The number of aliphatic imine (C=N–C) groups is 1. The highest BCUT2D eigenvalue weighted by molar-refractivity contribution is 5.80. The number of nitrogens with one attached hydrogen (secondary N) is 2. The first-order valence-corrected chi connectivity index (χ1v) is 11.2. The molecular formula is C25H32N6O. The second-order valence-electron chi connectivity index (χ2n) is 8.03. The van der Waals surface area contributed by atoms with Gasteiger partial charge in [-0.25, -0.2) is 4.68 Å². The van der Waals surface area contributed by atoms with E-state index in [0.717, 1.165) is 36.2 Å². The third kappa shape index (κ3) is 5.22. The average molecular weight is 433 g/mol. The Kier molecular flexibility index (Phi) is 6.94. The summed E-state index contributed by atoms with van der Waals surface area (Å²) < 4.78 is 7.08. The van der Waals surface area contributed by atoms with E-state index in [1.54, 1.807) is 14.2 Å². The minimum absolute atomic E-state index is 0.139. The van der Waals surface area contributed by atoms with E-state index in [9.17, 15) is 0 Å². The van der Waals surface area contributed by atoms with Crippen LogP contribution in [0.3, 0.4) is 0 Å². The predicted octanol–water partition coefficient (Wildman–Crippen LogP) is 3.91. The van der Waals surface area contributed by atoms with E-state index >= 15 is 0 Å². The van der Waals surface area contributed by atoms with Gasteiger partial charge in [0.2, 0.25) is 0 Å². The minimum atomic E-state index is 0.139. The molecule has 1 aliphatic heterocycles. The maximum Gasteiger partial charge on any atom is 0.191 e. The topological polar surface area (TPSA) is 66.7 Å². The molecule has 0 aliphatic carbocycles. The monoisotopic (exact) mass is 432 g/mol. The molecule has 7 heteroatoms. The maximum absolute atomic E-state index is 5.22. The third-order valence-corrected chi connectivity index (χ3v) is 5.84. The van der Waals surface area contributed by atoms with E-state index in [2.05, 4.69) is 56.8 Å². The number of rotatable bonds is 7. The highest BCUT2D eigenvalue weighted by Crippen LogP contribution is 2.24. The summed E-state index contributed by atoms with van der Waals surface area (Å²) in [5, 5.41) is 11.5. The zero-order valence-electron chi connectivity index (χ0n) is 19.1. The smallest absolute Gasteiger partial charge is 0.191 e. The Morgan fingerprint density at radius 2 is 1.88 bits per heavy atom. The summed E-state index contributed by atoms with van der Waals surface area (Å²) in [6, 6.07) is 18.8. The first-order valence-electron chi connectivity index (χ1n) is 11.2. The maximum atomic E-state index is 5.22. The number of methoxy groups -OCH3 is 1. The zero-order valence-corrected chi connectivity index (χ0v) is 19.1. The number of anilines is 1. The van der Waals surface area contributed by atoms with Gasteiger partial charge < -0.3 is 20.3 Å². The van der Waals surface area contributed by atoms with Crippen molar-refractivity contribution >= 4 is 11.6 Å². The number of aromatic nitrogens is 2. The largest absolute Gasteiger partial charge is 0.497 e. The molecule has 0 radical (unpaired) electrons. The van der Waals surface area contributed by atoms with Gasteiger partial charge in [0.05, 0.1) is 31.1 Å². The molecule has 1 atom stereocenters. The highest BCUT2D eigenvalue weighted by Gasteiger charge is 2.14. The lowest BCUT2D eigenvalue weighted by molar-refractivity contribution is 0.414. The van der Waals surface area contributed by atoms with Crippen LogP contribution < -0.4 is 20.3 Å². The number of benzene rings is 2. The van der Waals surface area contributed by atoms with E-state index in [-0.39, 0.29) is 6.04 Å². The number of nitrogens with zero attached hydrogens (tertiary/aromatic N) is 4. The van der Waals surface area contributed by atoms with E-state index < -0.39 is 0 Å². The number of ether oxygens (including phenoxy) is 1. The predicted molar refractivity (Wildman–Crippen MR) is 130 cm³/mol. The molecule has 1 fully saturated rings. The van der Waals surface area contributed by atoms with E-state index in [0.29, 0.717) is 6.54 Å². The molecule has 3 aromatic rings. The van der Waals surface area contributed by atoms with Gasteiger partial charge >= 0.3 is 0 Å². The molecule has 1 unspecified atom stereocenters. The van der Waals surface area contributed by atoms with Crippen LogP contribution in [0.5, 0.6) is 5.75 Å². The molecule has 1 aliphatic rings. The second kappa shape index (κ2) is 10.2. The number of hydrogen-bond acceptors (Lipinski definition) is 4. The first kappa shape index (κ1) is 21.7. The van der Waals surface area contributed by atoms with Gasteiger partial charge in [0.25, 0.3) is 0 Å². The van der Waals surface area contributed by atoms with Crippen LogP contribution in [0.2, 0.25) is 0 Å². The summed E-state index contributed by atoms with van der Waals surface area (Å²) in [7, 11) is 3.46. The van der Waals surface area contributed by atoms with Crippen LogP contribution in [0.25, 0.3) is 5.69 Å². The molecule has 32 heavy (non-hydrogen) atoms. The van der Waals surface area contributed by atoms with Crippen LogP contribution in [0.1, 0.15) is 37.1 Å². The van der Waals surface area contributed by atoms with Crippen molar-refractivity contribution in [1.29, 1.82) is 0 Å². The molecule has 1 aromatic heterocycles.